The van der Waals surface area contributed by atoms with Gasteiger partial charge in [-0.15, -0.1) is 0 Å². The fourth-order valence-corrected chi connectivity index (χ4v) is 4.98. The van der Waals surface area contributed by atoms with Crippen LogP contribution in [0.4, 0.5) is 0 Å². The van der Waals surface area contributed by atoms with Crippen molar-refractivity contribution in [3.63, 3.8) is 0 Å². The molecule has 6 heteroatoms. The van der Waals surface area contributed by atoms with Gasteiger partial charge < -0.3 is 19.3 Å². The first-order valence-corrected chi connectivity index (χ1v) is 12.0. The van der Waals surface area contributed by atoms with Crippen LogP contribution in [-0.2, 0) is 9.53 Å². The van der Waals surface area contributed by atoms with Crippen LogP contribution < -0.4 is 4.74 Å². The average molecular weight is 451 g/mol. The Labute approximate surface area is 196 Å². The molecular weight excluding hydrogens is 416 g/mol. The summed E-state index contributed by atoms with van der Waals surface area (Å²) >= 11 is 0. The highest BCUT2D eigenvalue weighted by Crippen LogP contribution is 2.27. The molecule has 6 nitrogen and oxygen atoms in total. The van der Waals surface area contributed by atoms with Gasteiger partial charge in [0.2, 0.25) is 0 Å². The first kappa shape index (κ1) is 23.3. The Balaban J connectivity index is 1.35. The summed E-state index contributed by atoms with van der Waals surface area (Å²) in [6.45, 7) is 7.29. The summed E-state index contributed by atoms with van der Waals surface area (Å²) < 4.78 is 11.8. The summed E-state index contributed by atoms with van der Waals surface area (Å²) in [7, 11) is 0. The monoisotopic (exact) mass is 450 g/mol. The van der Waals surface area contributed by atoms with Crippen LogP contribution in [0.15, 0.2) is 54.6 Å². The van der Waals surface area contributed by atoms with Crippen LogP contribution in [0.5, 0.6) is 5.75 Å². The number of likely N-dealkylation sites (tertiary alicyclic amines) is 1. The van der Waals surface area contributed by atoms with E-state index in [1.807, 2.05) is 47.1 Å². The van der Waals surface area contributed by atoms with Crippen molar-refractivity contribution in [2.45, 2.75) is 64.3 Å². The topological polar surface area (TPSA) is 59.1 Å². The number of hydrogen-bond donors (Lipinski definition) is 0. The van der Waals surface area contributed by atoms with Gasteiger partial charge in [-0.05, 0) is 69.9 Å². The van der Waals surface area contributed by atoms with Crippen LogP contribution in [0.3, 0.4) is 0 Å². The van der Waals surface area contributed by atoms with Gasteiger partial charge in [0.1, 0.15) is 11.9 Å². The van der Waals surface area contributed by atoms with Crippen LogP contribution in [0.1, 0.15) is 62.1 Å². The van der Waals surface area contributed by atoms with Gasteiger partial charge in [0.05, 0.1) is 12.6 Å². The lowest BCUT2D eigenvalue weighted by Gasteiger charge is -2.39. The maximum Gasteiger partial charge on any atom is 0.260 e. The summed E-state index contributed by atoms with van der Waals surface area (Å²) in [5.74, 6) is 0.587. The summed E-state index contributed by atoms with van der Waals surface area (Å²) in [5, 5.41) is 0. The van der Waals surface area contributed by atoms with E-state index in [1.165, 1.54) is 0 Å². The predicted octanol–water partition coefficient (Wildman–Crippen LogP) is 4.46. The second-order valence-corrected chi connectivity index (χ2v) is 9.30. The largest absolute Gasteiger partial charge is 0.484 e. The number of benzene rings is 2. The number of piperidine rings is 1. The number of amides is 2. The van der Waals surface area contributed by atoms with E-state index in [4.69, 9.17) is 9.47 Å². The van der Waals surface area contributed by atoms with Crippen LogP contribution in [-0.4, -0.2) is 59.5 Å². The fraction of sp³-hybridized carbons (Fsp3) is 0.481. The zero-order valence-corrected chi connectivity index (χ0v) is 19.8. The molecular formula is C27H34N2O4. The molecule has 2 saturated heterocycles. The van der Waals surface area contributed by atoms with Gasteiger partial charge >= 0.3 is 0 Å². The highest BCUT2D eigenvalue weighted by Gasteiger charge is 2.30. The lowest BCUT2D eigenvalue weighted by atomic mass is 9.97. The number of rotatable bonds is 5. The first-order chi connectivity index (χ1) is 15.9. The molecule has 4 rings (SSSR count). The summed E-state index contributed by atoms with van der Waals surface area (Å²) in [6.07, 6.45) is 3.07. The summed E-state index contributed by atoms with van der Waals surface area (Å²) in [6, 6.07) is 17.6. The summed E-state index contributed by atoms with van der Waals surface area (Å²) in [4.78, 5) is 29.6. The molecule has 0 bridgehead atoms. The molecule has 4 unspecified atom stereocenters. The number of morpholine rings is 1. The second-order valence-electron chi connectivity index (χ2n) is 9.30. The predicted molar refractivity (Wildman–Crippen MR) is 127 cm³/mol. The van der Waals surface area contributed by atoms with Crippen LogP contribution in [0, 0.1) is 0 Å². The highest BCUT2D eigenvalue weighted by atomic mass is 16.5. The maximum atomic E-state index is 13.1. The smallest absolute Gasteiger partial charge is 0.260 e. The Hall–Kier alpha value is -2.86. The molecule has 2 aromatic rings. The van der Waals surface area contributed by atoms with Gasteiger partial charge in [-0.1, -0.05) is 30.3 Å². The minimum Gasteiger partial charge on any atom is -0.484 e. The molecule has 2 fully saturated rings. The Morgan fingerprint density at radius 2 is 1.61 bits per heavy atom. The second kappa shape index (κ2) is 10.4. The third kappa shape index (κ3) is 5.56. The Morgan fingerprint density at radius 3 is 2.27 bits per heavy atom. The van der Waals surface area contributed by atoms with Gasteiger partial charge in [0.25, 0.3) is 11.8 Å². The van der Waals surface area contributed by atoms with E-state index >= 15 is 0 Å². The quantitative estimate of drug-likeness (QED) is 0.675. The lowest BCUT2D eigenvalue weighted by molar-refractivity contribution is -0.139. The third-order valence-corrected chi connectivity index (χ3v) is 6.66. The molecule has 2 aliphatic heterocycles. The standard InChI is InChI=1S/C27H34N2O4/c1-19-8-7-9-20(2)29(19)26(30)18-32-24-14-12-23(13-15-24)27(31)28-16-21(3)33-25(17-28)22-10-5-4-6-11-22/h4-6,10-15,19-21,25H,7-9,16-18H2,1-3H3. The molecule has 2 heterocycles. The van der Waals surface area contributed by atoms with Crippen molar-refractivity contribution >= 4 is 11.8 Å². The lowest BCUT2D eigenvalue weighted by Crippen LogP contribution is -2.49. The fourth-order valence-electron chi connectivity index (χ4n) is 4.98. The third-order valence-electron chi connectivity index (χ3n) is 6.66. The molecule has 176 valence electrons. The minimum absolute atomic E-state index is 0.0156. The van der Waals surface area contributed by atoms with E-state index in [9.17, 15) is 9.59 Å². The SMILES string of the molecule is CC1CN(C(=O)c2ccc(OCC(=O)N3C(C)CCCC3C)cc2)CC(c2ccccc2)O1. The average Bonchev–Trinajstić information content (AvgIpc) is 2.82. The van der Waals surface area contributed by atoms with E-state index in [1.54, 1.807) is 24.3 Å². The van der Waals surface area contributed by atoms with Crippen molar-refractivity contribution < 1.29 is 19.1 Å². The molecule has 33 heavy (non-hydrogen) atoms. The number of carbonyl (C=O) groups is 2. The molecule has 2 amide bonds. The highest BCUT2D eigenvalue weighted by molar-refractivity contribution is 5.94. The molecule has 4 atom stereocenters. The Bertz CT molecular complexity index is 936. The molecule has 0 spiro atoms. The van der Waals surface area contributed by atoms with Gasteiger partial charge in [-0.3, -0.25) is 9.59 Å². The van der Waals surface area contributed by atoms with Crippen LogP contribution >= 0.6 is 0 Å². The van der Waals surface area contributed by atoms with E-state index < -0.39 is 0 Å². The van der Waals surface area contributed by atoms with Crippen molar-refractivity contribution in [2.24, 2.45) is 0 Å². The number of carbonyl (C=O) groups excluding carboxylic acids is 2. The van der Waals surface area contributed by atoms with Crippen molar-refractivity contribution in [1.29, 1.82) is 0 Å². The number of nitrogens with zero attached hydrogens (tertiary/aromatic N) is 2. The molecule has 0 aromatic heterocycles. The summed E-state index contributed by atoms with van der Waals surface area (Å²) in [5.41, 5.74) is 1.68. The van der Waals surface area contributed by atoms with Crippen LogP contribution in [0.25, 0.3) is 0 Å². The number of hydrogen-bond acceptors (Lipinski definition) is 4. The van der Waals surface area contributed by atoms with Crippen molar-refractivity contribution in [1.82, 2.24) is 9.80 Å². The zero-order valence-electron chi connectivity index (χ0n) is 19.8. The zero-order chi connectivity index (χ0) is 23.4. The van der Waals surface area contributed by atoms with E-state index in [-0.39, 0.29) is 42.7 Å². The van der Waals surface area contributed by atoms with Gasteiger partial charge in [0.15, 0.2) is 6.61 Å². The molecule has 2 aliphatic rings. The van der Waals surface area contributed by atoms with Gasteiger partial charge in [-0.25, -0.2) is 0 Å². The molecule has 0 saturated carbocycles. The minimum atomic E-state index is -0.132. The van der Waals surface area contributed by atoms with E-state index in [0.717, 1.165) is 24.8 Å². The van der Waals surface area contributed by atoms with Crippen molar-refractivity contribution in [3.8, 4) is 5.75 Å². The van der Waals surface area contributed by atoms with Crippen LogP contribution in [0.2, 0.25) is 0 Å². The molecule has 2 aromatic carbocycles. The Kier molecular flexibility index (Phi) is 7.33. The first-order valence-electron chi connectivity index (χ1n) is 12.0. The maximum absolute atomic E-state index is 13.1. The molecule has 0 aliphatic carbocycles. The Morgan fingerprint density at radius 1 is 0.939 bits per heavy atom. The van der Waals surface area contributed by atoms with Gasteiger partial charge in [-0.2, -0.15) is 0 Å². The van der Waals surface area contributed by atoms with E-state index in [0.29, 0.717) is 24.4 Å². The van der Waals surface area contributed by atoms with Gasteiger partial charge in [0, 0.05) is 24.2 Å². The normalized spacial score (nSPS) is 25.5. The molecule has 0 radical (unpaired) electrons. The van der Waals surface area contributed by atoms with E-state index in [2.05, 4.69) is 13.8 Å². The molecule has 0 N–H and O–H groups in total. The van der Waals surface area contributed by atoms with Crippen molar-refractivity contribution in [2.75, 3.05) is 19.7 Å². The van der Waals surface area contributed by atoms with Crippen molar-refractivity contribution in [3.05, 3.63) is 65.7 Å². The number of ether oxygens (including phenoxy) is 2.